The van der Waals surface area contributed by atoms with Crippen molar-refractivity contribution in [3.8, 4) is 5.75 Å². The summed E-state index contributed by atoms with van der Waals surface area (Å²) in [6.45, 7) is 13.6. The van der Waals surface area contributed by atoms with Crippen molar-refractivity contribution in [2.45, 2.75) is 31.4 Å². The number of anilines is 1. The Hall–Kier alpha value is -2.30. The van der Waals surface area contributed by atoms with E-state index < -0.39 is 5.60 Å². The van der Waals surface area contributed by atoms with Crippen LogP contribution in [0, 0.1) is 6.57 Å². The highest BCUT2D eigenvalue weighted by Crippen LogP contribution is 2.33. The van der Waals surface area contributed by atoms with Crippen molar-refractivity contribution in [2.24, 2.45) is 0 Å². The molecule has 0 aromatic heterocycles. The van der Waals surface area contributed by atoms with Crippen LogP contribution in [0.1, 0.15) is 24.8 Å². The molecule has 0 unspecified atom stereocenters. The van der Waals surface area contributed by atoms with E-state index in [1.165, 1.54) is 5.56 Å². The maximum absolute atomic E-state index is 11.0. The molecule has 0 atom stereocenters. The first-order chi connectivity index (χ1) is 15.5. The zero-order chi connectivity index (χ0) is 22.4. The number of nitrogens with zero attached hydrogens (tertiary/aromatic N) is 3. The quantitative estimate of drug-likeness (QED) is 0.622. The van der Waals surface area contributed by atoms with Gasteiger partial charge in [-0.1, -0.05) is 29.8 Å². The number of morpholine rings is 1. The van der Waals surface area contributed by atoms with Crippen molar-refractivity contribution in [3.63, 3.8) is 0 Å². The molecule has 2 fully saturated rings. The predicted molar refractivity (Wildman–Crippen MR) is 127 cm³/mol. The van der Waals surface area contributed by atoms with Crippen molar-refractivity contribution in [1.29, 1.82) is 0 Å². The van der Waals surface area contributed by atoms with Crippen LogP contribution in [0.5, 0.6) is 5.75 Å². The minimum atomic E-state index is -0.715. The standard InChI is InChI=1S/C25H30ClN3O3/c1-27-24-7-4-21(18-23(24)26)29-11-8-25(30,9-12-29)10-15-32-22-5-2-20(3-6-22)19-28-13-16-31-17-14-28/h2-7,18,30H,8-17,19H2. The average Bonchev–Trinajstić information content (AvgIpc) is 2.81. The Morgan fingerprint density at radius 3 is 2.44 bits per heavy atom. The van der Waals surface area contributed by atoms with Gasteiger partial charge in [0, 0.05) is 49.9 Å². The van der Waals surface area contributed by atoms with Gasteiger partial charge in [0.1, 0.15) is 5.75 Å². The molecule has 6 nitrogen and oxygen atoms in total. The van der Waals surface area contributed by atoms with Crippen molar-refractivity contribution in [2.75, 3.05) is 50.9 Å². The molecule has 0 amide bonds. The van der Waals surface area contributed by atoms with Gasteiger partial charge in [0.25, 0.3) is 0 Å². The summed E-state index contributed by atoms with van der Waals surface area (Å²) in [5.74, 6) is 0.839. The third-order valence-electron chi connectivity index (χ3n) is 6.38. The Balaban J connectivity index is 1.21. The molecule has 7 heteroatoms. The van der Waals surface area contributed by atoms with Gasteiger partial charge in [0.05, 0.1) is 32.0 Å². The Bertz CT molecular complexity index is 930. The number of ether oxygens (including phenoxy) is 2. The van der Waals surface area contributed by atoms with Crippen LogP contribution in [0.4, 0.5) is 11.4 Å². The molecule has 1 N–H and O–H groups in total. The first-order valence-corrected chi connectivity index (χ1v) is 11.6. The summed E-state index contributed by atoms with van der Waals surface area (Å²) in [7, 11) is 0. The first kappa shape index (κ1) is 22.9. The van der Waals surface area contributed by atoms with Crippen LogP contribution >= 0.6 is 11.6 Å². The van der Waals surface area contributed by atoms with E-state index in [1.54, 1.807) is 6.07 Å². The van der Waals surface area contributed by atoms with E-state index in [-0.39, 0.29) is 0 Å². The summed E-state index contributed by atoms with van der Waals surface area (Å²) in [6, 6.07) is 13.8. The van der Waals surface area contributed by atoms with Gasteiger partial charge in [-0.05, 0) is 42.7 Å². The Morgan fingerprint density at radius 1 is 1.06 bits per heavy atom. The Kier molecular flexibility index (Phi) is 7.54. The zero-order valence-electron chi connectivity index (χ0n) is 18.3. The van der Waals surface area contributed by atoms with E-state index in [2.05, 4.69) is 26.8 Å². The normalized spacial score (nSPS) is 18.8. The predicted octanol–water partition coefficient (Wildman–Crippen LogP) is 4.52. The third-order valence-corrected chi connectivity index (χ3v) is 6.68. The molecule has 0 radical (unpaired) electrons. The molecule has 2 saturated heterocycles. The molecule has 2 aliphatic heterocycles. The number of halogens is 1. The molecule has 2 heterocycles. The van der Waals surface area contributed by atoms with Gasteiger partial charge in [0.15, 0.2) is 0 Å². The summed E-state index contributed by atoms with van der Waals surface area (Å²) in [6.07, 6.45) is 1.96. The van der Waals surface area contributed by atoms with Crippen LogP contribution < -0.4 is 9.64 Å². The molecular weight excluding hydrogens is 426 g/mol. The smallest absolute Gasteiger partial charge is 0.205 e. The van der Waals surface area contributed by atoms with E-state index in [0.717, 1.165) is 57.4 Å². The van der Waals surface area contributed by atoms with Gasteiger partial charge in [-0.3, -0.25) is 4.90 Å². The number of aliphatic hydroxyl groups is 1. The van der Waals surface area contributed by atoms with Gasteiger partial charge in [-0.2, -0.15) is 0 Å². The third kappa shape index (κ3) is 5.93. The molecular formula is C25H30ClN3O3. The van der Waals surface area contributed by atoms with Crippen LogP contribution in [-0.2, 0) is 11.3 Å². The highest BCUT2D eigenvalue weighted by atomic mass is 35.5. The fraction of sp³-hybridized carbons (Fsp3) is 0.480. The molecule has 4 rings (SSSR count). The number of piperidine rings is 1. The van der Waals surface area contributed by atoms with Crippen molar-refractivity contribution in [3.05, 3.63) is 64.5 Å². The monoisotopic (exact) mass is 455 g/mol. The lowest BCUT2D eigenvalue weighted by Crippen LogP contribution is -2.45. The lowest BCUT2D eigenvalue weighted by Gasteiger charge is -2.39. The number of benzene rings is 2. The second-order valence-electron chi connectivity index (χ2n) is 8.59. The maximum Gasteiger partial charge on any atom is 0.205 e. The maximum atomic E-state index is 11.0. The zero-order valence-corrected chi connectivity index (χ0v) is 19.1. The molecule has 2 aromatic rings. The van der Waals surface area contributed by atoms with Gasteiger partial charge in [0.2, 0.25) is 5.69 Å². The van der Waals surface area contributed by atoms with Crippen LogP contribution in [0.25, 0.3) is 4.85 Å². The SMILES string of the molecule is [C-]#[N+]c1ccc(N2CCC(O)(CCOc3ccc(CN4CCOCC4)cc3)CC2)cc1Cl. The first-order valence-electron chi connectivity index (χ1n) is 11.2. The van der Waals surface area contributed by atoms with Crippen molar-refractivity contribution < 1.29 is 14.6 Å². The molecule has 32 heavy (non-hydrogen) atoms. The van der Waals surface area contributed by atoms with Crippen LogP contribution in [-0.4, -0.2) is 61.6 Å². The fourth-order valence-electron chi connectivity index (χ4n) is 4.28. The van der Waals surface area contributed by atoms with Crippen molar-refractivity contribution >= 4 is 23.0 Å². The van der Waals surface area contributed by atoms with Gasteiger partial charge < -0.3 is 19.5 Å². The van der Waals surface area contributed by atoms with Gasteiger partial charge in [-0.15, -0.1) is 0 Å². The summed E-state index contributed by atoms with van der Waals surface area (Å²) in [4.78, 5) is 8.02. The second kappa shape index (κ2) is 10.5. The van der Waals surface area contributed by atoms with Gasteiger partial charge in [-0.25, -0.2) is 4.85 Å². The van der Waals surface area contributed by atoms with E-state index in [9.17, 15) is 5.11 Å². The van der Waals surface area contributed by atoms with Gasteiger partial charge >= 0.3 is 0 Å². The Labute approximate surface area is 195 Å². The number of hydrogen-bond acceptors (Lipinski definition) is 5. The van der Waals surface area contributed by atoms with Crippen LogP contribution in [0.15, 0.2) is 42.5 Å². The van der Waals surface area contributed by atoms with Crippen molar-refractivity contribution in [1.82, 2.24) is 4.90 Å². The number of rotatable bonds is 7. The Morgan fingerprint density at radius 2 is 1.78 bits per heavy atom. The molecule has 0 saturated carbocycles. The average molecular weight is 456 g/mol. The largest absolute Gasteiger partial charge is 0.493 e. The highest BCUT2D eigenvalue weighted by Gasteiger charge is 2.32. The summed E-state index contributed by atoms with van der Waals surface area (Å²) >= 11 is 6.18. The van der Waals surface area contributed by atoms with E-state index in [4.69, 9.17) is 27.6 Å². The molecule has 2 aliphatic rings. The van der Waals surface area contributed by atoms with Crippen LogP contribution in [0.3, 0.4) is 0 Å². The molecule has 0 bridgehead atoms. The minimum Gasteiger partial charge on any atom is -0.493 e. The number of hydrogen-bond donors (Lipinski definition) is 1. The van der Waals surface area contributed by atoms with E-state index >= 15 is 0 Å². The second-order valence-corrected chi connectivity index (χ2v) is 9.00. The lowest BCUT2D eigenvalue weighted by atomic mass is 9.88. The molecule has 2 aromatic carbocycles. The van der Waals surface area contributed by atoms with E-state index in [0.29, 0.717) is 36.6 Å². The molecule has 0 spiro atoms. The summed E-state index contributed by atoms with van der Waals surface area (Å²) in [5, 5.41) is 11.5. The minimum absolute atomic E-state index is 0.468. The molecule has 0 aliphatic carbocycles. The lowest BCUT2D eigenvalue weighted by molar-refractivity contribution is -0.00268. The topological polar surface area (TPSA) is 49.5 Å². The fourth-order valence-corrected chi connectivity index (χ4v) is 4.50. The highest BCUT2D eigenvalue weighted by molar-refractivity contribution is 6.33. The summed E-state index contributed by atoms with van der Waals surface area (Å²) in [5.41, 5.74) is 2.02. The van der Waals surface area contributed by atoms with E-state index in [1.807, 2.05) is 24.3 Å². The van der Waals surface area contributed by atoms with Crippen LogP contribution in [0.2, 0.25) is 5.02 Å². The molecule has 170 valence electrons. The summed E-state index contributed by atoms with van der Waals surface area (Å²) < 4.78 is 11.3.